The first-order valence-corrected chi connectivity index (χ1v) is 13.9. The molecule has 34 heavy (non-hydrogen) atoms. The van der Waals surface area contributed by atoms with Crippen molar-refractivity contribution in [3.8, 4) is 0 Å². The van der Waals surface area contributed by atoms with Gasteiger partial charge in [0, 0.05) is 28.1 Å². The molecule has 1 atom stereocenters. The zero-order valence-electron chi connectivity index (χ0n) is 20.1. The van der Waals surface area contributed by atoms with Crippen molar-refractivity contribution in [2.45, 2.75) is 76.8 Å². The molecular weight excluding hydrogens is 464 g/mol. The first-order valence-electron chi connectivity index (χ1n) is 12.7. The molecule has 1 fully saturated rings. The molecular formula is C27H37ClN4OS. The van der Waals surface area contributed by atoms with Crippen LogP contribution < -0.4 is 11.1 Å². The zero-order valence-corrected chi connectivity index (χ0v) is 21.7. The Morgan fingerprint density at radius 3 is 2.71 bits per heavy atom. The highest BCUT2D eigenvalue weighted by molar-refractivity contribution is 7.15. The van der Waals surface area contributed by atoms with Crippen molar-refractivity contribution in [2.75, 3.05) is 18.8 Å². The minimum Gasteiger partial charge on any atom is -0.375 e. The van der Waals surface area contributed by atoms with E-state index in [0.29, 0.717) is 17.1 Å². The highest BCUT2D eigenvalue weighted by Gasteiger charge is 2.28. The number of hydrogen-bond acceptors (Lipinski definition) is 5. The van der Waals surface area contributed by atoms with Gasteiger partial charge in [0.15, 0.2) is 5.13 Å². The lowest BCUT2D eigenvalue weighted by Crippen LogP contribution is -2.41. The number of aromatic nitrogens is 1. The summed E-state index contributed by atoms with van der Waals surface area (Å²) in [6.07, 6.45) is 13.8. The largest absolute Gasteiger partial charge is 0.375 e. The Hall–Kier alpha value is -1.89. The van der Waals surface area contributed by atoms with Crippen molar-refractivity contribution < 1.29 is 4.79 Å². The second-order valence-corrected chi connectivity index (χ2v) is 11.3. The summed E-state index contributed by atoms with van der Waals surface area (Å²) in [6.45, 7) is 4.62. The normalized spacial score (nSPS) is 22.7. The molecule has 1 saturated carbocycles. The van der Waals surface area contributed by atoms with Crippen molar-refractivity contribution in [2.24, 2.45) is 5.92 Å². The quantitative estimate of drug-likeness (QED) is 0.431. The smallest absolute Gasteiger partial charge is 0.244 e. The first-order chi connectivity index (χ1) is 16.5. The van der Waals surface area contributed by atoms with E-state index in [1.807, 2.05) is 30.3 Å². The molecule has 5 nitrogen and oxygen atoms in total. The Balaban J connectivity index is 1.19. The summed E-state index contributed by atoms with van der Waals surface area (Å²) >= 11 is 7.60. The Morgan fingerprint density at radius 2 is 1.97 bits per heavy atom. The third-order valence-corrected chi connectivity index (χ3v) is 8.47. The molecule has 1 aromatic heterocycles. The van der Waals surface area contributed by atoms with E-state index in [2.05, 4.69) is 22.1 Å². The molecule has 0 unspecified atom stereocenters. The lowest BCUT2D eigenvalue weighted by molar-refractivity contribution is -0.117. The van der Waals surface area contributed by atoms with Crippen molar-refractivity contribution >= 4 is 40.1 Å². The third kappa shape index (κ3) is 7.06. The van der Waals surface area contributed by atoms with E-state index >= 15 is 0 Å². The first kappa shape index (κ1) is 25.2. The van der Waals surface area contributed by atoms with Crippen LogP contribution in [0.1, 0.15) is 68.0 Å². The fraction of sp³-hybridized carbons (Fsp3) is 0.556. The molecule has 2 aromatic rings. The second kappa shape index (κ2) is 12.2. The van der Waals surface area contributed by atoms with Gasteiger partial charge in [-0.2, -0.15) is 0 Å². The number of nitrogens with one attached hydrogen (secondary N) is 1. The number of halogens is 1. The van der Waals surface area contributed by atoms with E-state index in [-0.39, 0.29) is 5.91 Å². The van der Waals surface area contributed by atoms with E-state index < -0.39 is 0 Å². The average molecular weight is 501 g/mol. The van der Waals surface area contributed by atoms with Gasteiger partial charge in [0.25, 0.3) is 0 Å². The number of thiazole rings is 1. The SMILES string of the molecule is CCCN(CCC1CCC(NC(=O)/C=C/c2ccc(Cl)cc2)CC1)[C@H]1CCc2nc(N)sc2C1. The molecule has 1 heterocycles. The number of fused-ring (bicyclic) bond motifs is 1. The number of rotatable bonds is 9. The van der Waals surface area contributed by atoms with Gasteiger partial charge in [-0.1, -0.05) is 30.7 Å². The molecule has 0 bridgehead atoms. The molecule has 1 amide bonds. The van der Waals surface area contributed by atoms with Crippen LogP contribution in [0.3, 0.4) is 0 Å². The lowest BCUT2D eigenvalue weighted by atomic mass is 9.83. The fourth-order valence-corrected chi connectivity index (χ4v) is 6.47. The van der Waals surface area contributed by atoms with Crippen LogP contribution in [0.5, 0.6) is 0 Å². The molecule has 2 aliphatic rings. The number of amides is 1. The maximum atomic E-state index is 12.3. The minimum atomic E-state index is -0.00658. The summed E-state index contributed by atoms with van der Waals surface area (Å²) in [5.74, 6) is 0.753. The summed E-state index contributed by atoms with van der Waals surface area (Å²) in [4.78, 5) is 21.0. The monoisotopic (exact) mass is 500 g/mol. The van der Waals surface area contributed by atoms with Crippen LogP contribution in [-0.4, -0.2) is 41.0 Å². The summed E-state index contributed by atoms with van der Waals surface area (Å²) in [5.41, 5.74) is 8.16. The zero-order chi connectivity index (χ0) is 23.9. The Morgan fingerprint density at radius 1 is 1.21 bits per heavy atom. The van der Waals surface area contributed by atoms with E-state index in [9.17, 15) is 4.79 Å². The third-order valence-electron chi connectivity index (χ3n) is 7.27. The number of anilines is 1. The van der Waals surface area contributed by atoms with Crippen LogP contribution in [0.4, 0.5) is 5.13 Å². The minimum absolute atomic E-state index is 0.00658. The van der Waals surface area contributed by atoms with E-state index in [4.69, 9.17) is 17.3 Å². The highest BCUT2D eigenvalue weighted by Crippen LogP contribution is 2.32. The standard InChI is InChI=1S/C27H37ClN4OS/c1-2-16-32(23-12-13-24-25(18-23)34-27(29)31-24)17-15-20-5-10-22(11-6-20)30-26(33)14-7-19-3-8-21(28)9-4-19/h3-4,7-9,14,20,22-23H,2,5-6,10-13,15-18H2,1H3,(H2,29,31)(H,30,33)/b14-7+/t20?,22?,23-/m0/s1. The Bertz CT molecular complexity index is 966. The van der Waals surface area contributed by atoms with Crippen LogP contribution in [0.15, 0.2) is 30.3 Å². The van der Waals surface area contributed by atoms with Crippen LogP contribution in [0.2, 0.25) is 5.02 Å². The topological polar surface area (TPSA) is 71.2 Å². The molecule has 0 radical (unpaired) electrons. The Kier molecular flexibility index (Phi) is 9.04. The summed E-state index contributed by atoms with van der Waals surface area (Å²) < 4.78 is 0. The number of aryl methyl sites for hydroxylation is 1. The van der Waals surface area contributed by atoms with E-state index in [1.165, 1.54) is 55.8 Å². The summed E-state index contributed by atoms with van der Waals surface area (Å²) in [5, 5.41) is 4.61. The number of nitrogen functional groups attached to an aromatic ring is 1. The molecule has 4 rings (SSSR count). The van der Waals surface area contributed by atoms with Crippen molar-refractivity contribution in [1.29, 1.82) is 0 Å². The van der Waals surface area contributed by atoms with E-state index in [1.54, 1.807) is 17.4 Å². The van der Waals surface area contributed by atoms with Gasteiger partial charge in [0.2, 0.25) is 5.91 Å². The number of benzene rings is 1. The van der Waals surface area contributed by atoms with Crippen molar-refractivity contribution in [3.05, 3.63) is 51.5 Å². The number of carbonyl (C=O) groups excluding carboxylic acids is 1. The van der Waals surface area contributed by atoms with Crippen LogP contribution in [0.25, 0.3) is 6.08 Å². The number of carbonyl (C=O) groups is 1. The van der Waals surface area contributed by atoms with Gasteiger partial charge in [-0.05, 0) is 101 Å². The van der Waals surface area contributed by atoms with Gasteiger partial charge >= 0.3 is 0 Å². The van der Waals surface area contributed by atoms with Gasteiger partial charge in [-0.15, -0.1) is 11.3 Å². The second-order valence-electron chi connectivity index (χ2n) is 9.75. The molecule has 184 valence electrons. The molecule has 3 N–H and O–H groups in total. The van der Waals surface area contributed by atoms with Crippen LogP contribution in [-0.2, 0) is 17.6 Å². The fourth-order valence-electron chi connectivity index (χ4n) is 5.39. The number of nitrogens with two attached hydrogens (primary N) is 1. The van der Waals surface area contributed by atoms with Gasteiger partial charge < -0.3 is 16.0 Å². The van der Waals surface area contributed by atoms with Gasteiger partial charge in [0.1, 0.15) is 0 Å². The van der Waals surface area contributed by atoms with Crippen LogP contribution in [0, 0.1) is 5.92 Å². The highest BCUT2D eigenvalue weighted by atomic mass is 35.5. The molecule has 1 aromatic carbocycles. The summed E-state index contributed by atoms with van der Waals surface area (Å²) in [7, 11) is 0. The molecule has 7 heteroatoms. The van der Waals surface area contributed by atoms with Crippen molar-refractivity contribution in [3.63, 3.8) is 0 Å². The maximum Gasteiger partial charge on any atom is 0.244 e. The van der Waals surface area contributed by atoms with Gasteiger partial charge in [-0.3, -0.25) is 4.79 Å². The molecule has 2 aliphatic carbocycles. The van der Waals surface area contributed by atoms with Crippen molar-refractivity contribution in [1.82, 2.24) is 15.2 Å². The molecule has 0 aliphatic heterocycles. The predicted molar refractivity (Wildman–Crippen MR) is 143 cm³/mol. The van der Waals surface area contributed by atoms with Gasteiger partial charge in [0.05, 0.1) is 5.69 Å². The number of hydrogen-bond donors (Lipinski definition) is 2. The molecule has 0 saturated heterocycles. The van der Waals surface area contributed by atoms with E-state index in [0.717, 1.165) is 42.3 Å². The van der Waals surface area contributed by atoms with Crippen LogP contribution >= 0.6 is 22.9 Å². The predicted octanol–water partition coefficient (Wildman–Crippen LogP) is 5.73. The maximum absolute atomic E-state index is 12.3. The van der Waals surface area contributed by atoms with Gasteiger partial charge in [-0.25, -0.2) is 4.98 Å². The molecule has 0 spiro atoms. The number of nitrogens with zero attached hydrogens (tertiary/aromatic N) is 2. The lowest BCUT2D eigenvalue weighted by Gasteiger charge is -2.36. The summed E-state index contributed by atoms with van der Waals surface area (Å²) in [6, 6.07) is 8.41. The Labute approximate surface area is 212 Å². The average Bonchev–Trinajstić information content (AvgIpc) is 3.21.